The van der Waals surface area contributed by atoms with Crippen molar-refractivity contribution in [3.8, 4) is 23.3 Å². The van der Waals surface area contributed by atoms with E-state index in [2.05, 4.69) is 15.0 Å². The SMILES string of the molecule is COc1ncc(-c2nc3c(n2C(C)C)C(c2ccc(Cl)cc2)N(c2ccc(F)c(Cl)c2)C3=O)c(O)n1. The third-order valence-corrected chi connectivity index (χ3v) is 6.48. The lowest BCUT2D eigenvalue weighted by Crippen LogP contribution is -2.30. The molecule has 11 heteroatoms. The molecule has 0 saturated carbocycles. The van der Waals surface area contributed by atoms with Crippen molar-refractivity contribution in [3.05, 3.63) is 81.5 Å². The molecule has 1 atom stereocenters. The lowest BCUT2D eigenvalue weighted by Gasteiger charge is -2.28. The van der Waals surface area contributed by atoms with Crippen LogP contribution < -0.4 is 9.64 Å². The van der Waals surface area contributed by atoms with E-state index < -0.39 is 17.8 Å². The summed E-state index contributed by atoms with van der Waals surface area (Å²) in [7, 11) is 1.39. The van der Waals surface area contributed by atoms with Gasteiger partial charge in [-0.25, -0.2) is 14.4 Å². The van der Waals surface area contributed by atoms with E-state index in [1.54, 1.807) is 12.1 Å². The maximum atomic E-state index is 13.9. The fourth-order valence-corrected chi connectivity index (χ4v) is 4.70. The normalized spacial score (nSPS) is 15.0. The molecular weight excluding hydrogens is 508 g/mol. The Morgan fingerprint density at radius 2 is 1.83 bits per heavy atom. The predicted molar refractivity (Wildman–Crippen MR) is 133 cm³/mol. The summed E-state index contributed by atoms with van der Waals surface area (Å²) in [6.07, 6.45) is 1.40. The van der Waals surface area contributed by atoms with Gasteiger partial charge in [0, 0.05) is 22.9 Å². The molecule has 3 heterocycles. The highest BCUT2D eigenvalue weighted by atomic mass is 35.5. The number of ether oxygens (including phenoxy) is 1. The zero-order valence-corrected chi connectivity index (χ0v) is 20.9. The van der Waals surface area contributed by atoms with Crippen LogP contribution in [0.25, 0.3) is 11.4 Å². The Kier molecular flexibility index (Phi) is 6.05. The molecule has 2 aromatic carbocycles. The zero-order valence-electron chi connectivity index (χ0n) is 19.4. The minimum Gasteiger partial charge on any atom is -0.493 e. The minimum absolute atomic E-state index is 0.000856. The number of imidazole rings is 1. The number of benzene rings is 2. The first-order chi connectivity index (χ1) is 17.2. The van der Waals surface area contributed by atoms with E-state index in [4.69, 9.17) is 27.9 Å². The maximum absolute atomic E-state index is 13.9. The van der Waals surface area contributed by atoms with Gasteiger partial charge >= 0.3 is 6.01 Å². The van der Waals surface area contributed by atoms with Crippen molar-refractivity contribution in [2.24, 2.45) is 0 Å². The molecule has 2 aromatic heterocycles. The summed E-state index contributed by atoms with van der Waals surface area (Å²) in [5.41, 5.74) is 2.21. The standard InChI is InChI=1S/C25H20Cl2FN5O3/c1-12(2)32-21-19(30-22(32)16-11-29-25(36-3)31-23(16)34)24(35)33(15-8-9-18(28)17(27)10-15)20(21)13-4-6-14(26)7-5-13/h4-12,20H,1-3H3,(H,29,31,34). The van der Waals surface area contributed by atoms with Gasteiger partial charge in [0.15, 0.2) is 5.69 Å². The molecule has 1 amide bonds. The first-order valence-corrected chi connectivity index (χ1v) is 11.7. The summed E-state index contributed by atoms with van der Waals surface area (Å²) in [6.45, 7) is 3.88. The lowest BCUT2D eigenvalue weighted by molar-refractivity contribution is 0.0989. The Bertz CT molecular complexity index is 1490. The molecule has 0 aliphatic carbocycles. The molecule has 0 saturated heterocycles. The van der Waals surface area contributed by atoms with Crippen LogP contribution >= 0.6 is 23.2 Å². The predicted octanol–water partition coefficient (Wildman–Crippen LogP) is 5.83. The van der Waals surface area contributed by atoms with Crippen molar-refractivity contribution in [1.82, 2.24) is 19.5 Å². The third-order valence-electron chi connectivity index (χ3n) is 5.94. The molecule has 0 radical (unpaired) electrons. The van der Waals surface area contributed by atoms with Crippen LogP contribution in [0.4, 0.5) is 10.1 Å². The molecule has 184 valence electrons. The number of carbonyl (C=O) groups excluding carboxylic acids is 1. The van der Waals surface area contributed by atoms with Gasteiger partial charge in [0.05, 0.1) is 23.4 Å². The van der Waals surface area contributed by atoms with Crippen LogP contribution in [0.3, 0.4) is 0 Å². The summed E-state index contributed by atoms with van der Waals surface area (Å²) in [5, 5.41) is 11.0. The molecule has 0 fully saturated rings. The molecule has 1 aliphatic rings. The van der Waals surface area contributed by atoms with Crippen LogP contribution in [0.5, 0.6) is 11.9 Å². The third kappa shape index (κ3) is 3.84. The number of methoxy groups -OCH3 is 1. The highest BCUT2D eigenvalue weighted by Crippen LogP contribution is 2.45. The van der Waals surface area contributed by atoms with Gasteiger partial charge in [0.25, 0.3) is 5.91 Å². The lowest BCUT2D eigenvalue weighted by atomic mass is 10.0. The van der Waals surface area contributed by atoms with Crippen molar-refractivity contribution in [1.29, 1.82) is 0 Å². The number of halogens is 3. The van der Waals surface area contributed by atoms with Gasteiger partial charge in [-0.2, -0.15) is 4.98 Å². The van der Waals surface area contributed by atoms with E-state index in [9.17, 15) is 14.3 Å². The average molecular weight is 528 g/mol. The number of rotatable bonds is 5. The molecule has 0 spiro atoms. The molecular formula is C25H20Cl2FN5O3. The fraction of sp³-hybridized carbons (Fsp3) is 0.200. The Hall–Kier alpha value is -3.69. The topological polar surface area (TPSA) is 93.4 Å². The maximum Gasteiger partial charge on any atom is 0.319 e. The van der Waals surface area contributed by atoms with Crippen LogP contribution in [0.1, 0.15) is 47.7 Å². The Morgan fingerprint density at radius 3 is 2.44 bits per heavy atom. The molecule has 36 heavy (non-hydrogen) atoms. The number of aromatic nitrogens is 4. The first kappa shape index (κ1) is 24.0. The van der Waals surface area contributed by atoms with Gasteiger partial charge in [-0.3, -0.25) is 9.69 Å². The van der Waals surface area contributed by atoms with Crippen molar-refractivity contribution < 1.29 is 19.0 Å². The number of hydrogen-bond donors (Lipinski definition) is 1. The monoisotopic (exact) mass is 527 g/mol. The first-order valence-electron chi connectivity index (χ1n) is 11.0. The number of carbonyl (C=O) groups is 1. The molecule has 0 bridgehead atoms. The second-order valence-electron chi connectivity index (χ2n) is 8.45. The van der Waals surface area contributed by atoms with Crippen LogP contribution in [0.2, 0.25) is 10.0 Å². The van der Waals surface area contributed by atoms with Crippen molar-refractivity contribution in [2.75, 3.05) is 12.0 Å². The number of anilines is 1. The van der Waals surface area contributed by atoms with Crippen LogP contribution in [0.15, 0.2) is 48.7 Å². The quantitative estimate of drug-likeness (QED) is 0.350. The van der Waals surface area contributed by atoms with Gasteiger partial charge in [0.2, 0.25) is 5.88 Å². The Labute approximate surface area is 215 Å². The largest absolute Gasteiger partial charge is 0.493 e. The number of aromatic hydroxyl groups is 1. The average Bonchev–Trinajstić information content (AvgIpc) is 3.36. The van der Waals surface area contributed by atoms with Gasteiger partial charge in [-0.1, -0.05) is 35.3 Å². The summed E-state index contributed by atoms with van der Waals surface area (Å²) < 4.78 is 20.8. The van der Waals surface area contributed by atoms with E-state index >= 15 is 0 Å². The van der Waals surface area contributed by atoms with Gasteiger partial charge in [0.1, 0.15) is 17.7 Å². The second kappa shape index (κ2) is 9.07. The van der Waals surface area contributed by atoms with Crippen LogP contribution in [0, 0.1) is 5.82 Å². The Balaban J connectivity index is 1.76. The van der Waals surface area contributed by atoms with E-state index in [1.165, 1.54) is 36.4 Å². The zero-order chi connectivity index (χ0) is 25.7. The van der Waals surface area contributed by atoms with E-state index in [-0.39, 0.29) is 34.2 Å². The highest BCUT2D eigenvalue weighted by molar-refractivity contribution is 6.31. The molecule has 5 rings (SSSR count). The molecule has 4 aromatic rings. The smallest absolute Gasteiger partial charge is 0.319 e. The van der Waals surface area contributed by atoms with Crippen molar-refractivity contribution >= 4 is 34.8 Å². The number of fused-ring (bicyclic) bond motifs is 1. The van der Waals surface area contributed by atoms with E-state index in [1.807, 2.05) is 30.5 Å². The summed E-state index contributed by atoms with van der Waals surface area (Å²) in [4.78, 5) is 28.0. The summed E-state index contributed by atoms with van der Waals surface area (Å²) >= 11 is 12.2. The van der Waals surface area contributed by atoms with Gasteiger partial charge in [-0.05, 0) is 49.7 Å². The summed E-state index contributed by atoms with van der Waals surface area (Å²) in [6, 6.07) is 10.4. The van der Waals surface area contributed by atoms with Crippen molar-refractivity contribution in [3.63, 3.8) is 0 Å². The molecule has 1 unspecified atom stereocenters. The van der Waals surface area contributed by atoms with Crippen LogP contribution in [-0.4, -0.2) is 37.6 Å². The second-order valence-corrected chi connectivity index (χ2v) is 9.30. The number of hydrogen-bond acceptors (Lipinski definition) is 6. The van der Waals surface area contributed by atoms with Gasteiger partial charge < -0.3 is 14.4 Å². The van der Waals surface area contributed by atoms with Crippen LogP contribution in [-0.2, 0) is 0 Å². The molecule has 1 N–H and O–H groups in total. The summed E-state index contributed by atoms with van der Waals surface area (Å²) in [5.74, 6) is -0.985. The highest BCUT2D eigenvalue weighted by Gasteiger charge is 2.45. The number of nitrogens with zero attached hydrogens (tertiary/aromatic N) is 5. The van der Waals surface area contributed by atoms with E-state index in [0.29, 0.717) is 22.2 Å². The fourth-order valence-electron chi connectivity index (χ4n) is 4.40. The molecule has 8 nitrogen and oxygen atoms in total. The number of amides is 1. The minimum atomic E-state index is -0.628. The van der Waals surface area contributed by atoms with Gasteiger partial charge in [-0.15, -0.1) is 0 Å². The molecule has 1 aliphatic heterocycles. The Morgan fingerprint density at radius 1 is 1.11 bits per heavy atom. The van der Waals surface area contributed by atoms with Crippen molar-refractivity contribution in [2.45, 2.75) is 25.9 Å². The van der Waals surface area contributed by atoms with E-state index in [0.717, 1.165) is 5.56 Å².